The smallest absolute Gasteiger partial charge is 0.238 e. The van der Waals surface area contributed by atoms with E-state index in [1.807, 2.05) is 0 Å². The minimum atomic E-state index is -0.553. The molecule has 5 N–H and O–H groups in total. The Balaban J connectivity index is 2.74. The summed E-state index contributed by atoms with van der Waals surface area (Å²) in [6, 6.07) is -0.389. The van der Waals surface area contributed by atoms with Crippen LogP contribution >= 0.6 is 0 Å². The SMILES string of the molecule is CC(=O)NC(CCCN)c1nnc(CC(N)=O)o1. The highest BCUT2D eigenvalue weighted by atomic mass is 16.4. The highest BCUT2D eigenvalue weighted by Crippen LogP contribution is 2.17. The van der Waals surface area contributed by atoms with E-state index >= 15 is 0 Å². The molecular formula is C10H17N5O3. The number of hydrogen-bond donors (Lipinski definition) is 3. The second-order valence-corrected chi connectivity index (χ2v) is 3.86. The number of nitrogens with two attached hydrogens (primary N) is 2. The molecule has 0 aliphatic rings. The van der Waals surface area contributed by atoms with Gasteiger partial charge in [0.1, 0.15) is 12.5 Å². The van der Waals surface area contributed by atoms with Crippen LogP contribution in [0.1, 0.15) is 37.6 Å². The average molecular weight is 255 g/mol. The molecule has 8 nitrogen and oxygen atoms in total. The largest absolute Gasteiger partial charge is 0.422 e. The van der Waals surface area contributed by atoms with E-state index in [-0.39, 0.29) is 30.2 Å². The molecule has 1 heterocycles. The lowest BCUT2D eigenvalue weighted by molar-refractivity contribution is -0.120. The van der Waals surface area contributed by atoms with E-state index < -0.39 is 5.91 Å². The number of carbonyl (C=O) groups excluding carboxylic acids is 2. The van der Waals surface area contributed by atoms with Gasteiger partial charge in [0.25, 0.3) is 0 Å². The minimum absolute atomic E-state index is 0.114. The number of rotatable bonds is 7. The summed E-state index contributed by atoms with van der Waals surface area (Å²) in [5.74, 6) is -0.356. The number of nitrogens with one attached hydrogen (secondary N) is 1. The zero-order valence-corrected chi connectivity index (χ0v) is 10.2. The van der Waals surface area contributed by atoms with E-state index in [1.54, 1.807) is 0 Å². The van der Waals surface area contributed by atoms with E-state index in [0.29, 0.717) is 19.4 Å². The van der Waals surface area contributed by atoms with E-state index in [4.69, 9.17) is 15.9 Å². The summed E-state index contributed by atoms with van der Waals surface area (Å²) in [5.41, 5.74) is 10.4. The Morgan fingerprint density at radius 3 is 2.72 bits per heavy atom. The molecular weight excluding hydrogens is 238 g/mol. The van der Waals surface area contributed by atoms with Crippen molar-refractivity contribution in [3.8, 4) is 0 Å². The normalized spacial score (nSPS) is 12.1. The zero-order valence-electron chi connectivity index (χ0n) is 10.2. The summed E-state index contributed by atoms with van der Waals surface area (Å²) >= 11 is 0. The van der Waals surface area contributed by atoms with Gasteiger partial charge < -0.3 is 21.2 Å². The third-order valence-electron chi connectivity index (χ3n) is 2.18. The lowest BCUT2D eigenvalue weighted by atomic mass is 10.1. The number of amides is 2. The van der Waals surface area contributed by atoms with Crippen molar-refractivity contribution in [3.63, 3.8) is 0 Å². The third kappa shape index (κ3) is 4.50. The van der Waals surface area contributed by atoms with Gasteiger partial charge in [-0.25, -0.2) is 0 Å². The molecule has 1 unspecified atom stereocenters. The number of aromatic nitrogens is 2. The summed E-state index contributed by atoms with van der Waals surface area (Å²) in [6.07, 6.45) is 1.18. The molecule has 2 amide bonds. The summed E-state index contributed by atoms with van der Waals surface area (Å²) in [5, 5.41) is 10.2. The molecule has 1 aromatic rings. The maximum Gasteiger partial charge on any atom is 0.238 e. The first-order valence-corrected chi connectivity index (χ1v) is 5.60. The molecule has 0 spiro atoms. The van der Waals surface area contributed by atoms with Gasteiger partial charge in [0.15, 0.2) is 0 Å². The van der Waals surface area contributed by atoms with Gasteiger partial charge in [-0.2, -0.15) is 0 Å². The monoisotopic (exact) mass is 255 g/mol. The van der Waals surface area contributed by atoms with Crippen LogP contribution in [0.5, 0.6) is 0 Å². The average Bonchev–Trinajstić information content (AvgIpc) is 2.71. The maximum atomic E-state index is 11.1. The Hall–Kier alpha value is -1.96. The van der Waals surface area contributed by atoms with Crippen LogP contribution < -0.4 is 16.8 Å². The van der Waals surface area contributed by atoms with Gasteiger partial charge in [0.2, 0.25) is 23.6 Å². The van der Waals surface area contributed by atoms with E-state index in [0.717, 1.165) is 0 Å². The van der Waals surface area contributed by atoms with Crippen LogP contribution in [0, 0.1) is 0 Å². The van der Waals surface area contributed by atoms with Crippen LogP contribution in [0.25, 0.3) is 0 Å². The molecule has 0 aromatic carbocycles. The topological polar surface area (TPSA) is 137 Å². The summed E-state index contributed by atoms with van der Waals surface area (Å²) < 4.78 is 5.28. The van der Waals surface area contributed by atoms with Crippen molar-refractivity contribution >= 4 is 11.8 Å². The first-order valence-electron chi connectivity index (χ1n) is 5.60. The van der Waals surface area contributed by atoms with Gasteiger partial charge in [-0.1, -0.05) is 0 Å². The zero-order chi connectivity index (χ0) is 13.5. The van der Waals surface area contributed by atoms with Crippen LogP contribution in [0.3, 0.4) is 0 Å². The fourth-order valence-electron chi connectivity index (χ4n) is 1.45. The molecule has 100 valence electrons. The van der Waals surface area contributed by atoms with E-state index in [1.165, 1.54) is 6.92 Å². The van der Waals surface area contributed by atoms with E-state index in [2.05, 4.69) is 15.5 Å². The van der Waals surface area contributed by atoms with Crippen molar-refractivity contribution in [1.29, 1.82) is 0 Å². The van der Waals surface area contributed by atoms with Gasteiger partial charge in [-0.3, -0.25) is 9.59 Å². The van der Waals surface area contributed by atoms with Crippen LogP contribution in [-0.4, -0.2) is 28.6 Å². The van der Waals surface area contributed by atoms with Crippen molar-refractivity contribution in [1.82, 2.24) is 15.5 Å². The Labute approximate surface area is 104 Å². The number of hydrogen-bond acceptors (Lipinski definition) is 6. The second-order valence-electron chi connectivity index (χ2n) is 3.86. The predicted molar refractivity (Wildman–Crippen MR) is 62.0 cm³/mol. The fourth-order valence-corrected chi connectivity index (χ4v) is 1.45. The quantitative estimate of drug-likeness (QED) is 0.572. The van der Waals surface area contributed by atoms with Crippen molar-refractivity contribution < 1.29 is 14.0 Å². The van der Waals surface area contributed by atoms with Gasteiger partial charge in [-0.15, -0.1) is 10.2 Å². The lowest BCUT2D eigenvalue weighted by Crippen LogP contribution is -2.26. The molecule has 1 aromatic heterocycles. The molecule has 0 fully saturated rings. The highest BCUT2D eigenvalue weighted by Gasteiger charge is 2.19. The van der Waals surface area contributed by atoms with Gasteiger partial charge in [0, 0.05) is 6.92 Å². The van der Waals surface area contributed by atoms with Crippen LogP contribution in [0.4, 0.5) is 0 Å². The van der Waals surface area contributed by atoms with Crippen molar-refractivity contribution in [2.75, 3.05) is 6.54 Å². The number of nitrogens with zero attached hydrogens (tertiary/aromatic N) is 2. The van der Waals surface area contributed by atoms with Crippen LogP contribution in [0.2, 0.25) is 0 Å². The second kappa shape index (κ2) is 6.70. The fraction of sp³-hybridized carbons (Fsp3) is 0.600. The third-order valence-corrected chi connectivity index (χ3v) is 2.18. The Morgan fingerprint density at radius 2 is 2.17 bits per heavy atom. The Morgan fingerprint density at radius 1 is 1.44 bits per heavy atom. The highest BCUT2D eigenvalue weighted by molar-refractivity contribution is 5.75. The van der Waals surface area contributed by atoms with Gasteiger partial charge in [-0.05, 0) is 19.4 Å². The minimum Gasteiger partial charge on any atom is -0.422 e. The van der Waals surface area contributed by atoms with Crippen molar-refractivity contribution in [2.24, 2.45) is 11.5 Å². The number of carbonyl (C=O) groups is 2. The van der Waals surface area contributed by atoms with Gasteiger partial charge >= 0.3 is 0 Å². The van der Waals surface area contributed by atoms with Gasteiger partial charge in [0.05, 0.1) is 0 Å². The molecule has 1 rings (SSSR count). The lowest BCUT2D eigenvalue weighted by Gasteiger charge is -2.12. The van der Waals surface area contributed by atoms with Crippen LogP contribution in [-0.2, 0) is 16.0 Å². The molecule has 1 atom stereocenters. The van der Waals surface area contributed by atoms with Crippen LogP contribution in [0.15, 0.2) is 4.42 Å². The maximum absolute atomic E-state index is 11.1. The predicted octanol–water partition coefficient (Wildman–Crippen LogP) is -0.986. The first-order chi connectivity index (χ1) is 8.52. The molecule has 0 radical (unpaired) electrons. The molecule has 0 saturated heterocycles. The molecule has 0 saturated carbocycles. The molecule has 0 bridgehead atoms. The van der Waals surface area contributed by atoms with E-state index in [9.17, 15) is 9.59 Å². The molecule has 8 heteroatoms. The first kappa shape index (κ1) is 14.1. The van der Waals surface area contributed by atoms with Crippen molar-refractivity contribution in [3.05, 3.63) is 11.8 Å². The summed E-state index contributed by atoms with van der Waals surface area (Å²) in [6.45, 7) is 1.90. The van der Waals surface area contributed by atoms with Crippen molar-refractivity contribution in [2.45, 2.75) is 32.2 Å². The number of primary amides is 1. The Bertz CT molecular complexity index is 417. The molecule has 0 aliphatic heterocycles. The standard InChI is InChI=1S/C10H17N5O3/c1-6(16)13-7(3-2-4-11)10-15-14-9(18-10)5-8(12)17/h7H,2-5,11H2,1H3,(H2,12,17)(H,13,16). The summed E-state index contributed by atoms with van der Waals surface area (Å²) in [4.78, 5) is 21.8. The molecule has 18 heavy (non-hydrogen) atoms. The summed E-state index contributed by atoms with van der Waals surface area (Å²) in [7, 11) is 0. The molecule has 0 aliphatic carbocycles. The Kier molecular flexibility index (Phi) is 5.25.